The van der Waals surface area contributed by atoms with Crippen LogP contribution in [0, 0.1) is 0 Å². The summed E-state index contributed by atoms with van der Waals surface area (Å²) in [4.78, 5) is 3.83. The average molecular weight is 312 g/mol. The molecule has 0 aliphatic carbocycles. The fourth-order valence-corrected chi connectivity index (χ4v) is 2.56. The normalized spacial score (nSPS) is 11.6. The molecule has 1 aromatic heterocycles. The molecule has 0 fully saturated rings. The molecule has 2 N–H and O–H groups in total. The van der Waals surface area contributed by atoms with Crippen LogP contribution in [0.3, 0.4) is 0 Å². The van der Waals surface area contributed by atoms with Crippen LogP contribution in [0.4, 0.5) is 18.9 Å². The first-order valence-electron chi connectivity index (χ1n) is 6.45. The summed E-state index contributed by atoms with van der Waals surface area (Å²) >= 11 is 1.46. The summed E-state index contributed by atoms with van der Waals surface area (Å²) in [5.74, 6) is 0.808. The molecular weight excluding hydrogens is 297 g/mol. The summed E-state index contributed by atoms with van der Waals surface area (Å²) in [6.07, 6.45) is -1.61. The van der Waals surface area contributed by atoms with Crippen molar-refractivity contribution < 1.29 is 13.2 Å². The van der Waals surface area contributed by atoms with Crippen LogP contribution in [0.2, 0.25) is 0 Å². The Bertz CT molecular complexity index is 565. The van der Waals surface area contributed by atoms with E-state index in [9.17, 15) is 13.2 Å². The lowest BCUT2D eigenvalue weighted by molar-refractivity contribution is -0.137. The molecule has 2 aromatic rings. The van der Waals surface area contributed by atoms with E-state index in [4.69, 9.17) is 5.73 Å². The van der Waals surface area contributed by atoms with E-state index in [2.05, 4.69) is 4.98 Å². The molecule has 0 radical (unpaired) electrons. The monoisotopic (exact) mass is 312 g/mol. The third-order valence-electron chi connectivity index (χ3n) is 2.90. The van der Waals surface area contributed by atoms with Gasteiger partial charge in [0.05, 0.1) is 10.6 Å². The highest BCUT2D eigenvalue weighted by Gasteiger charge is 2.30. The highest BCUT2D eigenvalue weighted by atomic mass is 32.2. The number of pyridine rings is 1. The van der Waals surface area contributed by atoms with Gasteiger partial charge in [-0.3, -0.25) is 0 Å². The van der Waals surface area contributed by atoms with E-state index in [1.54, 1.807) is 0 Å². The standard InChI is InChI=1S/C15H15F3N2S/c16-15(17,18)12-5-8-14(20-10-12)21-9-1-2-11-3-6-13(19)7-4-11/h3-8,10H,1-2,9,19H2. The molecule has 0 aliphatic heterocycles. The molecule has 2 nitrogen and oxygen atoms in total. The van der Waals surface area contributed by atoms with Crippen LogP contribution in [0.25, 0.3) is 0 Å². The molecule has 2 rings (SSSR count). The average Bonchev–Trinajstić information content (AvgIpc) is 2.45. The van der Waals surface area contributed by atoms with Crippen molar-refractivity contribution in [3.05, 3.63) is 53.7 Å². The molecule has 0 aliphatic rings. The second-order valence-electron chi connectivity index (χ2n) is 4.58. The number of halogens is 3. The second kappa shape index (κ2) is 6.85. The van der Waals surface area contributed by atoms with Crippen molar-refractivity contribution in [2.45, 2.75) is 24.0 Å². The van der Waals surface area contributed by atoms with Gasteiger partial charge in [-0.1, -0.05) is 12.1 Å². The highest BCUT2D eigenvalue weighted by Crippen LogP contribution is 2.29. The van der Waals surface area contributed by atoms with Gasteiger partial charge >= 0.3 is 6.18 Å². The number of thioether (sulfide) groups is 1. The van der Waals surface area contributed by atoms with E-state index >= 15 is 0 Å². The zero-order valence-electron chi connectivity index (χ0n) is 11.2. The minimum absolute atomic E-state index is 0.611. The van der Waals surface area contributed by atoms with Gasteiger partial charge in [0.15, 0.2) is 0 Å². The molecule has 6 heteroatoms. The van der Waals surface area contributed by atoms with Crippen LogP contribution in [0.5, 0.6) is 0 Å². The lowest BCUT2D eigenvalue weighted by Gasteiger charge is -2.06. The van der Waals surface area contributed by atoms with Crippen LogP contribution < -0.4 is 5.73 Å². The Hall–Kier alpha value is -1.69. The Balaban J connectivity index is 1.77. The van der Waals surface area contributed by atoms with Crippen LogP contribution >= 0.6 is 11.8 Å². The highest BCUT2D eigenvalue weighted by molar-refractivity contribution is 7.99. The van der Waals surface area contributed by atoms with Gasteiger partial charge in [0.2, 0.25) is 0 Å². The van der Waals surface area contributed by atoms with Gasteiger partial charge in [-0.2, -0.15) is 13.2 Å². The SMILES string of the molecule is Nc1ccc(CCCSc2ccc(C(F)(F)F)cn2)cc1. The first-order chi connectivity index (χ1) is 9.95. The van der Waals surface area contributed by atoms with Gasteiger partial charge in [0.25, 0.3) is 0 Å². The number of aromatic nitrogens is 1. The van der Waals surface area contributed by atoms with E-state index in [-0.39, 0.29) is 0 Å². The molecule has 0 bridgehead atoms. The van der Waals surface area contributed by atoms with Gasteiger partial charge in [0, 0.05) is 11.9 Å². The number of hydrogen-bond acceptors (Lipinski definition) is 3. The largest absolute Gasteiger partial charge is 0.417 e. The Morgan fingerprint density at radius 2 is 1.76 bits per heavy atom. The Morgan fingerprint density at radius 1 is 1.05 bits per heavy atom. The molecule has 0 spiro atoms. The molecule has 0 saturated heterocycles. The third-order valence-corrected chi connectivity index (χ3v) is 3.93. The lowest BCUT2D eigenvalue weighted by atomic mass is 10.1. The number of anilines is 1. The molecule has 1 aromatic carbocycles. The first kappa shape index (κ1) is 15.7. The number of benzene rings is 1. The van der Waals surface area contributed by atoms with Crippen molar-refractivity contribution in [3.63, 3.8) is 0 Å². The molecule has 1 heterocycles. The number of nitrogens with zero attached hydrogens (tertiary/aromatic N) is 1. The molecule has 0 unspecified atom stereocenters. The van der Waals surface area contributed by atoms with Gasteiger partial charge in [-0.15, -0.1) is 11.8 Å². The van der Waals surface area contributed by atoms with Crippen LogP contribution in [0.15, 0.2) is 47.6 Å². The van der Waals surface area contributed by atoms with Crippen molar-refractivity contribution >= 4 is 17.4 Å². The molecular formula is C15H15F3N2S. The fraction of sp³-hybridized carbons (Fsp3) is 0.267. The zero-order valence-corrected chi connectivity index (χ0v) is 12.0. The fourth-order valence-electron chi connectivity index (χ4n) is 1.77. The quantitative estimate of drug-likeness (QED) is 0.505. The van der Waals surface area contributed by atoms with Crippen molar-refractivity contribution in [2.75, 3.05) is 11.5 Å². The zero-order chi connectivity index (χ0) is 15.3. The summed E-state index contributed by atoms with van der Waals surface area (Å²) < 4.78 is 37.2. The molecule has 0 amide bonds. The summed E-state index contributed by atoms with van der Waals surface area (Å²) in [5.41, 5.74) is 6.83. The summed E-state index contributed by atoms with van der Waals surface area (Å²) in [5, 5.41) is 0.611. The summed E-state index contributed by atoms with van der Waals surface area (Å²) in [6, 6.07) is 10.2. The van der Waals surface area contributed by atoms with Crippen LogP contribution in [0.1, 0.15) is 17.5 Å². The maximum Gasteiger partial charge on any atom is 0.417 e. The molecule has 21 heavy (non-hydrogen) atoms. The predicted octanol–water partition coefficient (Wildman–Crippen LogP) is 4.41. The van der Waals surface area contributed by atoms with Crippen LogP contribution in [-0.2, 0) is 12.6 Å². The Labute approximate surface area is 125 Å². The number of nitrogens with two attached hydrogens (primary N) is 1. The Kier molecular flexibility index (Phi) is 5.12. The molecule has 112 valence electrons. The third kappa shape index (κ3) is 4.97. The first-order valence-corrected chi connectivity index (χ1v) is 7.44. The van der Waals surface area contributed by atoms with Gasteiger partial charge in [0.1, 0.15) is 0 Å². The maximum atomic E-state index is 12.4. The van der Waals surface area contributed by atoms with Crippen molar-refractivity contribution in [2.24, 2.45) is 0 Å². The summed E-state index contributed by atoms with van der Waals surface area (Å²) in [7, 11) is 0. The predicted molar refractivity (Wildman–Crippen MR) is 79.1 cm³/mol. The Morgan fingerprint density at radius 3 is 2.33 bits per heavy atom. The van der Waals surface area contributed by atoms with Gasteiger partial charge in [-0.05, 0) is 48.4 Å². The molecule has 0 atom stereocenters. The number of alkyl halides is 3. The van der Waals surface area contributed by atoms with Crippen molar-refractivity contribution in [3.8, 4) is 0 Å². The van der Waals surface area contributed by atoms with E-state index in [1.807, 2.05) is 24.3 Å². The number of aryl methyl sites for hydroxylation is 1. The number of hydrogen-bond donors (Lipinski definition) is 1. The van der Waals surface area contributed by atoms with Gasteiger partial charge in [-0.25, -0.2) is 4.98 Å². The van der Waals surface area contributed by atoms with Crippen LogP contribution in [-0.4, -0.2) is 10.7 Å². The smallest absolute Gasteiger partial charge is 0.399 e. The van der Waals surface area contributed by atoms with E-state index < -0.39 is 11.7 Å². The van der Waals surface area contributed by atoms with E-state index in [1.165, 1.54) is 23.4 Å². The van der Waals surface area contributed by atoms with Crippen molar-refractivity contribution in [1.29, 1.82) is 0 Å². The second-order valence-corrected chi connectivity index (χ2v) is 5.69. The maximum absolute atomic E-state index is 12.4. The minimum atomic E-state index is -4.33. The molecule has 0 saturated carbocycles. The summed E-state index contributed by atoms with van der Waals surface area (Å²) in [6.45, 7) is 0. The van der Waals surface area contributed by atoms with E-state index in [0.29, 0.717) is 5.03 Å². The number of nitrogen functional groups attached to an aromatic ring is 1. The number of rotatable bonds is 5. The van der Waals surface area contributed by atoms with Crippen molar-refractivity contribution in [1.82, 2.24) is 4.98 Å². The lowest BCUT2D eigenvalue weighted by Crippen LogP contribution is -2.05. The van der Waals surface area contributed by atoms with E-state index in [0.717, 1.165) is 36.5 Å². The van der Waals surface area contributed by atoms with Gasteiger partial charge < -0.3 is 5.73 Å². The minimum Gasteiger partial charge on any atom is -0.399 e. The topological polar surface area (TPSA) is 38.9 Å².